The molecule has 3 N–H and O–H groups in total. The van der Waals surface area contributed by atoms with Crippen molar-refractivity contribution < 1.29 is 5.11 Å². The maximum Gasteiger partial charge on any atom is 0.115 e. The molecule has 0 aliphatic heterocycles. The third-order valence-corrected chi connectivity index (χ3v) is 1.37. The summed E-state index contributed by atoms with van der Waals surface area (Å²) in [7, 11) is 0. The van der Waals surface area contributed by atoms with E-state index < -0.39 is 0 Å². The van der Waals surface area contributed by atoms with E-state index in [1.54, 1.807) is 12.1 Å². The Kier molecular flexibility index (Phi) is 2.29. The first-order valence-electron chi connectivity index (χ1n) is 3.31. The average Bonchev–Trinajstić information content (AvgIpc) is 1.95. The highest BCUT2D eigenvalue weighted by atomic mass is 16.3. The second kappa shape index (κ2) is 3.22. The minimum atomic E-state index is 0.306. The first-order valence-corrected chi connectivity index (χ1v) is 3.31. The Morgan fingerprint density at radius 3 is 2.40 bits per heavy atom. The summed E-state index contributed by atoms with van der Waals surface area (Å²) in [6, 6.07) is 7.10. The van der Waals surface area contributed by atoms with Gasteiger partial charge in [-0.2, -0.15) is 0 Å². The average molecular weight is 139 g/mol. The summed E-state index contributed by atoms with van der Waals surface area (Å²) in [5.41, 5.74) is 6.50. The van der Waals surface area contributed by atoms with Crippen LogP contribution in [0, 0.1) is 0 Å². The first-order chi connectivity index (χ1) is 4.83. The van der Waals surface area contributed by atoms with Crippen molar-refractivity contribution in [3.8, 4) is 5.75 Å². The molecule has 54 valence electrons. The summed E-state index contributed by atoms with van der Waals surface area (Å²) < 4.78 is 0. The van der Waals surface area contributed by atoms with Crippen LogP contribution in [0.2, 0.25) is 0 Å². The van der Waals surface area contributed by atoms with Crippen LogP contribution in [-0.2, 0) is 6.42 Å². The van der Waals surface area contributed by atoms with E-state index in [2.05, 4.69) is 0 Å². The van der Waals surface area contributed by atoms with Crippen LogP contribution in [0.5, 0.6) is 5.75 Å². The van der Waals surface area contributed by atoms with Crippen LogP contribution >= 0.6 is 0 Å². The fourth-order valence-electron chi connectivity index (χ4n) is 0.829. The Bertz CT molecular complexity index is 193. The minimum absolute atomic E-state index is 0.306. The predicted molar refractivity (Wildman–Crippen MR) is 40.9 cm³/mol. The SMILES string of the molecule is N[14CH2]Cc1ccc(O)cc1. The zero-order chi connectivity index (χ0) is 7.40. The highest BCUT2D eigenvalue weighted by Gasteiger charge is 1.89. The summed E-state index contributed by atoms with van der Waals surface area (Å²) in [4.78, 5) is 0. The molecule has 10 heavy (non-hydrogen) atoms. The van der Waals surface area contributed by atoms with Gasteiger partial charge in [0.2, 0.25) is 0 Å². The molecule has 1 aromatic rings. The number of hydrogen-bond acceptors (Lipinski definition) is 2. The van der Waals surface area contributed by atoms with Crippen molar-refractivity contribution in [1.29, 1.82) is 0 Å². The Morgan fingerprint density at radius 2 is 1.90 bits per heavy atom. The molecule has 0 unspecified atom stereocenters. The van der Waals surface area contributed by atoms with E-state index in [9.17, 15) is 0 Å². The topological polar surface area (TPSA) is 46.2 Å². The molecule has 0 amide bonds. The third kappa shape index (κ3) is 1.74. The predicted octanol–water partition coefficient (Wildman–Crippen LogP) is 0.893. The van der Waals surface area contributed by atoms with Crippen LogP contribution in [-0.4, -0.2) is 11.7 Å². The van der Waals surface area contributed by atoms with Gasteiger partial charge in [-0.25, -0.2) is 0 Å². The molecule has 0 heterocycles. The normalized spacial score (nSPS) is 9.70. The van der Waals surface area contributed by atoms with Gasteiger partial charge in [-0.15, -0.1) is 0 Å². The van der Waals surface area contributed by atoms with Gasteiger partial charge < -0.3 is 10.8 Å². The number of hydrogen-bond donors (Lipinski definition) is 2. The third-order valence-electron chi connectivity index (χ3n) is 1.37. The molecule has 0 atom stereocenters. The molecule has 1 aromatic carbocycles. The molecule has 2 nitrogen and oxygen atoms in total. The Balaban J connectivity index is 2.69. The van der Waals surface area contributed by atoms with Crippen LogP contribution < -0.4 is 5.73 Å². The van der Waals surface area contributed by atoms with Crippen molar-refractivity contribution in [3.63, 3.8) is 0 Å². The quantitative estimate of drug-likeness (QED) is 0.639. The Labute approximate surface area is 60.3 Å². The van der Waals surface area contributed by atoms with Crippen molar-refractivity contribution in [2.75, 3.05) is 6.54 Å². The van der Waals surface area contributed by atoms with Gasteiger partial charge in [-0.3, -0.25) is 0 Å². The zero-order valence-electron chi connectivity index (χ0n) is 5.75. The smallest absolute Gasteiger partial charge is 0.115 e. The standard InChI is InChI=1S/C8H11NO/c9-6-5-7-1-3-8(10)4-2-7/h1-4,10H,5-6,9H2/i6+2. The van der Waals surface area contributed by atoms with Crippen molar-refractivity contribution in [3.05, 3.63) is 29.8 Å². The number of phenolic OH excluding ortho intramolecular Hbond substituents is 1. The van der Waals surface area contributed by atoms with Gasteiger partial charge >= 0.3 is 0 Å². The van der Waals surface area contributed by atoms with E-state index in [-0.39, 0.29) is 0 Å². The van der Waals surface area contributed by atoms with Gasteiger partial charge in [0.05, 0.1) is 0 Å². The fourth-order valence-corrected chi connectivity index (χ4v) is 0.829. The van der Waals surface area contributed by atoms with E-state index >= 15 is 0 Å². The molecule has 0 fully saturated rings. The van der Waals surface area contributed by atoms with Crippen LogP contribution in [0.25, 0.3) is 0 Å². The van der Waals surface area contributed by atoms with Crippen LogP contribution in [0.4, 0.5) is 0 Å². The van der Waals surface area contributed by atoms with Crippen LogP contribution in [0.15, 0.2) is 24.3 Å². The highest BCUT2D eigenvalue weighted by molar-refractivity contribution is 5.25. The molecule has 0 bridgehead atoms. The van der Waals surface area contributed by atoms with Gasteiger partial charge in [-0.1, -0.05) is 12.1 Å². The molecule has 1 rings (SSSR count). The van der Waals surface area contributed by atoms with E-state index in [0.29, 0.717) is 12.3 Å². The number of aromatic hydroxyl groups is 1. The second-order valence-electron chi connectivity index (χ2n) is 2.21. The molecule has 2 heteroatoms. The highest BCUT2D eigenvalue weighted by Crippen LogP contribution is 2.09. The largest absolute Gasteiger partial charge is 0.508 e. The molecule has 0 radical (unpaired) electrons. The molecular formula is C8H11NO. The summed E-state index contributed by atoms with van der Waals surface area (Å²) in [5.74, 6) is 0.306. The van der Waals surface area contributed by atoms with Crippen molar-refractivity contribution >= 4 is 0 Å². The molecule has 0 aliphatic rings. The number of benzene rings is 1. The number of rotatable bonds is 2. The Morgan fingerprint density at radius 1 is 1.30 bits per heavy atom. The number of nitrogens with two attached hydrogens (primary N) is 1. The summed E-state index contributed by atoms with van der Waals surface area (Å²) in [5, 5.41) is 8.89. The lowest BCUT2D eigenvalue weighted by atomic mass is 10.2. The minimum Gasteiger partial charge on any atom is -0.508 e. The Hall–Kier alpha value is -1.02. The lowest BCUT2D eigenvalue weighted by molar-refractivity contribution is 0.475. The summed E-state index contributed by atoms with van der Waals surface area (Å²) in [6.45, 7) is 0.658. The van der Waals surface area contributed by atoms with Gasteiger partial charge in [0.15, 0.2) is 0 Å². The lowest BCUT2D eigenvalue weighted by Crippen LogP contribution is -2.01. The number of phenols is 1. The summed E-state index contributed by atoms with van der Waals surface area (Å²) >= 11 is 0. The van der Waals surface area contributed by atoms with Crippen molar-refractivity contribution in [1.82, 2.24) is 0 Å². The molecule has 0 saturated heterocycles. The monoisotopic (exact) mass is 139 g/mol. The zero-order valence-corrected chi connectivity index (χ0v) is 5.75. The summed E-state index contributed by atoms with van der Waals surface area (Å²) in [6.07, 6.45) is 0.875. The van der Waals surface area contributed by atoms with Gasteiger partial charge in [0.1, 0.15) is 5.75 Å². The maximum atomic E-state index is 8.89. The van der Waals surface area contributed by atoms with Gasteiger partial charge in [-0.05, 0) is 30.7 Å². The first kappa shape index (κ1) is 7.09. The maximum absolute atomic E-state index is 8.89. The van der Waals surface area contributed by atoms with Crippen LogP contribution in [0.1, 0.15) is 5.56 Å². The van der Waals surface area contributed by atoms with Gasteiger partial charge in [0.25, 0.3) is 0 Å². The van der Waals surface area contributed by atoms with E-state index in [1.165, 1.54) is 5.56 Å². The molecular weight excluding hydrogens is 128 g/mol. The van der Waals surface area contributed by atoms with Crippen molar-refractivity contribution in [2.45, 2.75) is 6.42 Å². The van der Waals surface area contributed by atoms with E-state index in [1.807, 2.05) is 12.1 Å². The lowest BCUT2D eigenvalue weighted by Gasteiger charge is -1.96. The molecule has 0 saturated carbocycles. The fraction of sp³-hybridized carbons (Fsp3) is 0.250. The molecule has 0 spiro atoms. The van der Waals surface area contributed by atoms with E-state index in [0.717, 1.165) is 6.42 Å². The van der Waals surface area contributed by atoms with E-state index in [4.69, 9.17) is 10.8 Å². The molecule has 0 aromatic heterocycles. The van der Waals surface area contributed by atoms with Crippen LogP contribution in [0.3, 0.4) is 0 Å². The second-order valence-corrected chi connectivity index (χ2v) is 2.21. The van der Waals surface area contributed by atoms with Crippen molar-refractivity contribution in [2.24, 2.45) is 5.73 Å². The molecule has 0 aliphatic carbocycles. The van der Waals surface area contributed by atoms with Gasteiger partial charge in [0, 0.05) is 0 Å².